The van der Waals surface area contributed by atoms with Gasteiger partial charge in [0.05, 0.1) is 22.9 Å². The van der Waals surface area contributed by atoms with Crippen LogP contribution in [0.4, 0.5) is 5.69 Å². The third kappa shape index (κ3) is 4.06. The van der Waals surface area contributed by atoms with E-state index in [-0.39, 0.29) is 24.9 Å². The standard InChI is InChI=1S/C23H28N2O4S2/c24-31(28,21-10-9-19(30-21)23(27)13-29-14-23)12-20(26)25-22-17(11-15-3-1-4-15)8-7-16-5-2-6-18(16)22/h7-10,15,24,27H,1-6,11-14H2,(H,25,26). The first-order chi connectivity index (χ1) is 14.8. The molecule has 0 spiro atoms. The van der Waals surface area contributed by atoms with Gasteiger partial charge in [-0.25, -0.2) is 8.99 Å². The summed E-state index contributed by atoms with van der Waals surface area (Å²) in [6, 6.07) is 7.63. The number of aliphatic hydroxyl groups is 1. The molecular weight excluding hydrogens is 432 g/mol. The van der Waals surface area contributed by atoms with Gasteiger partial charge >= 0.3 is 0 Å². The molecule has 0 radical (unpaired) electrons. The Morgan fingerprint density at radius 3 is 2.71 bits per heavy atom. The number of thiophene rings is 1. The quantitative estimate of drug-likeness (QED) is 0.584. The van der Waals surface area contributed by atoms with E-state index in [1.807, 2.05) is 0 Å². The number of amides is 1. The van der Waals surface area contributed by atoms with Crippen molar-refractivity contribution in [2.45, 2.75) is 54.8 Å². The summed E-state index contributed by atoms with van der Waals surface area (Å²) in [6.07, 6.45) is 7.80. The van der Waals surface area contributed by atoms with Crippen LogP contribution in [-0.2, 0) is 44.1 Å². The van der Waals surface area contributed by atoms with Crippen LogP contribution in [0, 0.1) is 10.7 Å². The van der Waals surface area contributed by atoms with Crippen LogP contribution in [0.3, 0.4) is 0 Å². The highest BCUT2D eigenvalue weighted by Gasteiger charge is 2.40. The van der Waals surface area contributed by atoms with Crippen molar-refractivity contribution in [2.75, 3.05) is 24.3 Å². The highest BCUT2D eigenvalue weighted by Crippen LogP contribution is 2.38. The lowest BCUT2D eigenvalue weighted by atomic mass is 9.80. The van der Waals surface area contributed by atoms with Crippen LogP contribution in [0.1, 0.15) is 47.3 Å². The predicted octanol–water partition coefficient (Wildman–Crippen LogP) is 3.84. The molecule has 6 nitrogen and oxygen atoms in total. The molecule has 0 bridgehead atoms. The van der Waals surface area contributed by atoms with Crippen LogP contribution >= 0.6 is 11.3 Å². The number of carbonyl (C=O) groups is 1. The van der Waals surface area contributed by atoms with Gasteiger partial charge < -0.3 is 15.2 Å². The van der Waals surface area contributed by atoms with Gasteiger partial charge in [-0.2, -0.15) is 0 Å². The fourth-order valence-electron chi connectivity index (χ4n) is 4.67. The second-order valence-corrected chi connectivity index (χ2v) is 12.5. The number of aryl methyl sites for hydroxylation is 1. The maximum absolute atomic E-state index is 13.1. The first-order valence-electron chi connectivity index (χ1n) is 10.9. The number of hydrogen-bond acceptors (Lipinski definition) is 6. The molecule has 3 N–H and O–H groups in total. The molecule has 1 aromatic carbocycles. The van der Waals surface area contributed by atoms with E-state index in [0.29, 0.717) is 15.0 Å². The Morgan fingerprint density at radius 2 is 2.03 bits per heavy atom. The molecule has 2 aromatic rings. The molecule has 1 atom stereocenters. The van der Waals surface area contributed by atoms with Crippen molar-refractivity contribution in [3.05, 3.63) is 45.8 Å². The largest absolute Gasteiger partial charge is 0.379 e. The summed E-state index contributed by atoms with van der Waals surface area (Å²) in [6.45, 7) is 0.408. The smallest absolute Gasteiger partial charge is 0.238 e. The second kappa shape index (κ2) is 7.99. The van der Waals surface area contributed by atoms with E-state index in [1.165, 1.54) is 36.0 Å². The summed E-state index contributed by atoms with van der Waals surface area (Å²) < 4.78 is 26.9. The molecule has 1 saturated heterocycles. The monoisotopic (exact) mass is 460 g/mol. The maximum Gasteiger partial charge on any atom is 0.238 e. The number of nitrogens with one attached hydrogen (secondary N) is 2. The van der Waals surface area contributed by atoms with E-state index in [2.05, 4.69) is 17.4 Å². The Kier molecular flexibility index (Phi) is 5.45. The van der Waals surface area contributed by atoms with Crippen LogP contribution < -0.4 is 5.32 Å². The number of fused-ring (bicyclic) bond motifs is 1. The van der Waals surface area contributed by atoms with Gasteiger partial charge in [-0.05, 0) is 60.4 Å². The molecule has 8 heteroatoms. The summed E-state index contributed by atoms with van der Waals surface area (Å²) in [7, 11) is -3.29. The molecule has 2 fully saturated rings. The number of rotatable bonds is 7. The van der Waals surface area contributed by atoms with Crippen molar-refractivity contribution in [3.8, 4) is 0 Å². The van der Waals surface area contributed by atoms with E-state index in [9.17, 15) is 14.1 Å². The average molecular weight is 461 g/mol. The van der Waals surface area contributed by atoms with E-state index in [4.69, 9.17) is 9.52 Å². The Labute approximate surface area is 187 Å². The van der Waals surface area contributed by atoms with Gasteiger partial charge in [0, 0.05) is 10.6 Å². The molecule has 3 aliphatic rings. The zero-order chi connectivity index (χ0) is 21.6. The Morgan fingerprint density at radius 1 is 1.23 bits per heavy atom. The minimum absolute atomic E-state index is 0.204. The van der Waals surface area contributed by atoms with E-state index in [0.717, 1.165) is 42.7 Å². The molecule has 166 valence electrons. The molecule has 5 rings (SSSR count). The molecule has 1 saturated carbocycles. The zero-order valence-corrected chi connectivity index (χ0v) is 19.1. The van der Waals surface area contributed by atoms with E-state index >= 15 is 0 Å². The molecule has 1 unspecified atom stereocenters. The van der Waals surface area contributed by atoms with Crippen LogP contribution in [0.5, 0.6) is 0 Å². The number of hydrogen-bond donors (Lipinski definition) is 3. The van der Waals surface area contributed by atoms with Gasteiger partial charge in [0.25, 0.3) is 0 Å². The third-order valence-electron chi connectivity index (χ3n) is 6.75. The summed E-state index contributed by atoms with van der Waals surface area (Å²) >= 11 is 1.14. The van der Waals surface area contributed by atoms with Gasteiger partial charge in [0.15, 0.2) is 0 Å². The topological polar surface area (TPSA) is 99.5 Å². The molecule has 1 aliphatic heterocycles. The lowest BCUT2D eigenvalue weighted by Gasteiger charge is -2.35. The van der Waals surface area contributed by atoms with Crippen LogP contribution in [-0.4, -0.2) is 34.2 Å². The van der Waals surface area contributed by atoms with Gasteiger partial charge in [0.1, 0.15) is 15.6 Å². The number of carbonyl (C=O) groups excluding carboxylic acids is 1. The highest BCUT2D eigenvalue weighted by molar-refractivity contribution is 7.95. The van der Waals surface area contributed by atoms with Crippen molar-refractivity contribution >= 4 is 32.7 Å². The summed E-state index contributed by atoms with van der Waals surface area (Å²) in [5.74, 6) is -0.0776. The molecule has 1 amide bonds. The highest BCUT2D eigenvalue weighted by atomic mass is 32.2. The van der Waals surface area contributed by atoms with Crippen molar-refractivity contribution in [3.63, 3.8) is 0 Å². The fraction of sp³-hybridized carbons (Fsp3) is 0.522. The maximum atomic E-state index is 13.1. The van der Waals surface area contributed by atoms with Crippen molar-refractivity contribution < 1.29 is 18.8 Å². The Hall–Kier alpha value is -1.74. The van der Waals surface area contributed by atoms with Gasteiger partial charge in [-0.15, -0.1) is 11.3 Å². The number of ether oxygens (including phenoxy) is 1. The first-order valence-corrected chi connectivity index (χ1v) is 13.5. The summed E-state index contributed by atoms with van der Waals surface area (Å²) in [5, 5.41) is 13.5. The zero-order valence-electron chi connectivity index (χ0n) is 17.4. The normalized spacial score (nSPS) is 21.6. The second-order valence-electron chi connectivity index (χ2n) is 9.10. The van der Waals surface area contributed by atoms with Crippen LogP contribution in [0.25, 0.3) is 0 Å². The van der Waals surface area contributed by atoms with Crippen LogP contribution in [0.15, 0.2) is 28.5 Å². The van der Waals surface area contributed by atoms with Gasteiger partial charge in [-0.1, -0.05) is 31.4 Å². The first kappa shape index (κ1) is 21.1. The van der Waals surface area contributed by atoms with E-state index < -0.39 is 15.3 Å². The fourth-order valence-corrected chi connectivity index (χ4v) is 7.32. The minimum Gasteiger partial charge on any atom is -0.379 e. The number of anilines is 1. The summed E-state index contributed by atoms with van der Waals surface area (Å²) in [4.78, 5) is 13.6. The Balaban J connectivity index is 1.34. The molecule has 31 heavy (non-hydrogen) atoms. The molecule has 1 aromatic heterocycles. The number of benzene rings is 1. The minimum atomic E-state index is -3.29. The molecule has 2 aliphatic carbocycles. The van der Waals surface area contributed by atoms with Crippen LogP contribution in [0.2, 0.25) is 0 Å². The van der Waals surface area contributed by atoms with E-state index in [1.54, 1.807) is 12.1 Å². The lowest BCUT2D eigenvalue weighted by molar-refractivity contribution is -0.182. The van der Waals surface area contributed by atoms with Crippen molar-refractivity contribution in [2.24, 2.45) is 5.92 Å². The molecule has 2 heterocycles. The van der Waals surface area contributed by atoms with Gasteiger partial charge in [-0.3, -0.25) is 4.79 Å². The SMILES string of the molecule is N=S(=O)(CC(=O)Nc1c(CC2CCC2)ccc2c1CCC2)c1ccc(C2(O)COC2)s1. The summed E-state index contributed by atoms with van der Waals surface area (Å²) in [5.41, 5.74) is 3.52. The average Bonchev–Trinajstić information content (AvgIpc) is 3.33. The third-order valence-corrected chi connectivity index (χ3v) is 10.3. The lowest BCUT2D eigenvalue weighted by Crippen LogP contribution is -2.45. The van der Waals surface area contributed by atoms with Crippen molar-refractivity contribution in [1.29, 1.82) is 4.78 Å². The molecular formula is C23H28N2O4S2. The van der Waals surface area contributed by atoms with Gasteiger partial charge in [0.2, 0.25) is 5.91 Å². The van der Waals surface area contributed by atoms with Crippen molar-refractivity contribution in [1.82, 2.24) is 0 Å². The predicted molar refractivity (Wildman–Crippen MR) is 121 cm³/mol. The Bertz CT molecular complexity index is 1110.